The first kappa shape index (κ1) is 14.9. The third-order valence-electron chi connectivity index (χ3n) is 0.823. The van der Waals surface area contributed by atoms with Crippen molar-refractivity contribution in [1.29, 1.82) is 0 Å². The topological polar surface area (TPSA) is 80.7 Å². The maximum atomic E-state index is 10.5. The van der Waals surface area contributed by atoms with Gasteiger partial charge in [-0.25, -0.2) is 0 Å². The molecule has 0 saturated carbocycles. The number of hydrogen-bond donors (Lipinski definition) is 1. The fourth-order valence-electron chi connectivity index (χ4n) is 0.416. The van der Waals surface area contributed by atoms with Gasteiger partial charge in [-0.15, -0.1) is 0 Å². The zero-order chi connectivity index (χ0) is 8.91. The second-order valence-electron chi connectivity index (χ2n) is 1.97. The molecule has 1 N–H and O–H groups in total. The Morgan fingerprint density at radius 3 is 2.42 bits per heavy atom. The van der Waals surface area contributed by atoms with Crippen LogP contribution in [0, 0.1) is 0 Å². The predicted molar refractivity (Wildman–Crippen MR) is 38.5 cm³/mol. The molecule has 0 aromatic carbocycles. The Hall–Kier alpha value is 0.380. The molecule has 0 atom stereocenters. The summed E-state index contributed by atoms with van der Waals surface area (Å²) < 4.78 is 32.3. The van der Waals surface area contributed by atoms with Crippen molar-refractivity contribution in [1.82, 2.24) is 0 Å². The molecule has 0 saturated heterocycles. The number of ether oxygens (including phenoxy) is 1. The van der Waals surface area contributed by atoms with E-state index in [-0.39, 0.29) is 37.4 Å². The van der Waals surface area contributed by atoms with Crippen LogP contribution in [-0.4, -0.2) is 24.9 Å². The third kappa shape index (κ3) is 10.4. The first-order chi connectivity index (χ1) is 4.95. The number of carbonyl (C=O) groups is 1. The van der Waals surface area contributed by atoms with Gasteiger partial charge in [-0.05, 0) is 6.42 Å². The van der Waals surface area contributed by atoms with Gasteiger partial charge in [0, 0.05) is 6.42 Å². The van der Waals surface area contributed by atoms with E-state index < -0.39 is 22.0 Å². The molecule has 0 rings (SSSR count). The Morgan fingerprint density at radius 1 is 1.58 bits per heavy atom. The number of hydrogen-bond acceptors (Lipinski definition) is 4. The maximum Gasteiger partial charge on any atom is 1.00 e. The fraction of sp³-hybridized carbons (Fsp3) is 0.800. The molecule has 0 aliphatic rings. The molecule has 0 spiro atoms. The van der Waals surface area contributed by atoms with E-state index in [4.69, 9.17) is 4.55 Å². The Balaban J connectivity index is -0.000000500. The quantitative estimate of drug-likeness (QED) is 0.307. The van der Waals surface area contributed by atoms with Gasteiger partial charge >= 0.3 is 45.6 Å². The average molecular weight is 206 g/mol. The van der Waals surface area contributed by atoms with Crippen LogP contribution in [0.5, 0.6) is 0 Å². The number of esters is 1. The molecule has 5 nitrogen and oxygen atoms in total. The van der Waals surface area contributed by atoms with Crippen molar-refractivity contribution < 1.29 is 53.5 Å². The zero-order valence-electron chi connectivity index (χ0n) is 8.11. The van der Waals surface area contributed by atoms with Gasteiger partial charge in [0.25, 0.3) is 0 Å². The van der Waals surface area contributed by atoms with Crippen LogP contribution in [-0.2, 0) is 19.6 Å². The van der Waals surface area contributed by atoms with E-state index in [1.165, 1.54) is 0 Å². The van der Waals surface area contributed by atoms with Gasteiger partial charge in [-0.3, -0.25) is 9.35 Å². The summed E-state index contributed by atoms with van der Waals surface area (Å²) in [6.07, 6.45) is 0.750. The van der Waals surface area contributed by atoms with E-state index in [0.29, 0.717) is 6.42 Å². The minimum atomic E-state index is -4.18. The van der Waals surface area contributed by atoms with E-state index in [1.807, 2.05) is 0 Å². The van der Waals surface area contributed by atoms with Crippen molar-refractivity contribution in [2.45, 2.75) is 19.8 Å². The van der Waals surface area contributed by atoms with Gasteiger partial charge in [0.1, 0.15) is 0 Å². The van der Waals surface area contributed by atoms with Crippen LogP contribution in [0.2, 0.25) is 0 Å². The van der Waals surface area contributed by atoms with Crippen LogP contribution in [0.1, 0.15) is 21.2 Å². The normalized spacial score (nSPS) is 10.2. The molecule has 0 fully saturated rings. The van der Waals surface area contributed by atoms with Crippen molar-refractivity contribution in [3.8, 4) is 0 Å². The summed E-state index contributed by atoms with van der Waals surface area (Å²) in [5.41, 5.74) is 0. The molecule has 0 aromatic heterocycles. The van der Waals surface area contributed by atoms with Crippen LogP contribution in [0.25, 0.3) is 0 Å². The number of carbonyl (C=O) groups excluding carboxylic acids is 1. The summed E-state index contributed by atoms with van der Waals surface area (Å²) in [6, 6.07) is 0. The molecule has 0 amide bonds. The molecular weight excluding hydrogens is 195 g/mol. The molecular formula is C5H11NaO5S. The van der Waals surface area contributed by atoms with Crippen molar-refractivity contribution in [2.24, 2.45) is 0 Å². The van der Waals surface area contributed by atoms with E-state index >= 15 is 0 Å². The molecule has 68 valence electrons. The molecule has 0 bridgehead atoms. The summed E-state index contributed by atoms with van der Waals surface area (Å²) in [7, 11) is -4.18. The van der Waals surface area contributed by atoms with Crippen LogP contribution < -0.4 is 29.6 Å². The van der Waals surface area contributed by atoms with Crippen LogP contribution >= 0.6 is 0 Å². The summed E-state index contributed by atoms with van der Waals surface area (Å²) in [4.78, 5) is 10.5. The standard InChI is InChI=1S/C5H10O5S.Na.H/c1-2-3-5(6)10-4-11(7,8)9;;/h2-4H2,1H3,(H,7,8,9);;/q;+1;-1. The Kier molecular flexibility index (Phi) is 8.49. The Morgan fingerprint density at radius 2 is 2.08 bits per heavy atom. The van der Waals surface area contributed by atoms with Crippen molar-refractivity contribution >= 4 is 16.1 Å². The molecule has 0 aromatic rings. The fourth-order valence-corrected chi connectivity index (χ4v) is 0.697. The summed E-state index contributed by atoms with van der Waals surface area (Å²) in [5, 5.41) is 0. The molecule has 0 aliphatic heterocycles. The molecule has 0 aliphatic carbocycles. The maximum absolute atomic E-state index is 10.5. The third-order valence-corrected chi connectivity index (χ3v) is 1.24. The number of rotatable bonds is 4. The second-order valence-corrected chi connectivity index (χ2v) is 3.37. The molecule has 0 unspecified atom stereocenters. The van der Waals surface area contributed by atoms with Gasteiger partial charge in [-0.1, -0.05) is 6.92 Å². The first-order valence-corrected chi connectivity index (χ1v) is 4.67. The zero-order valence-corrected chi connectivity index (χ0v) is 9.93. The Bertz CT molecular complexity index is 227. The van der Waals surface area contributed by atoms with E-state index in [1.54, 1.807) is 6.92 Å². The van der Waals surface area contributed by atoms with Crippen molar-refractivity contribution in [2.75, 3.05) is 5.94 Å². The molecule has 12 heavy (non-hydrogen) atoms. The van der Waals surface area contributed by atoms with Crippen LogP contribution in [0.4, 0.5) is 0 Å². The minimum absolute atomic E-state index is 0. The van der Waals surface area contributed by atoms with Gasteiger partial charge < -0.3 is 6.16 Å². The SMILES string of the molecule is CCCC(=O)OCS(=O)(=O)O.[H-].[Na+]. The van der Waals surface area contributed by atoms with Crippen molar-refractivity contribution in [3.63, 3.8) is 0 Å². The summed E-state index contributed by atoms with van der Waals surface area (Å²) >= 11 is 0. The van der Waals surface area contributed by atoms with E-state index in [2.05, 4.69) is 4.74 Å². The average Bonchev–Trinajstić information content (AvgIpc) is 1.83. The monoisotopic (exact) mass is 206 g/mol. The van der Waals surface area contributed by atoms with Gasteiger partial charge in [0.2, 0.25) is 5.94 Å². The minimum Gasteiger partial charge on any atom is -1.00 e. The van der Waals surface area contributed by atoms with Gasteiger partial charge in [-0.2, -0.15) is 8.42 Å². The van der Waals surface area contributed by atoms with Crippen molar-refractivity contribution in [3.05, 3.63) is 0 Å². The summed E-state index contributed by atoms with van der Waals surface area (Å²) in [6.45, 7) is 1.76. The smallest absolute Gasteiger partial charge is 1.00 e. The molecule has 7 heteroatoms. The largest absolute Gasteiger partial charge is 1.00 e. The molecule has 0 heterocycles. The Labute approximate surface area is 95.0 Å². The van der Waals surface area contributed by atoms with E-state index in [0.717, 1.165) is 0 Å². The van der Waals surface area contributed by atoms with Crippen LogP contribution in [0.3, 0.4) is 0 Å². The van der Waals surface area contributed by atoms with Crippen LogP contribution in [0.15, 0.2) is 0 Å². The van der Waals surface area contributed by atoms with Gasteiger partial charge in [0.05, 0.1) is 0 Å². The van der Waals surface area contributed by atoms with Gasteiger partial charge in [0.15, 0.2) is 0 Å². The molecule has 0 radical (unpaired) electrons. The first-order valence-electron chi connectivity index (χ1n) is 3.06. The summed E-state index contributed by atoms with van der Waals surface area (Å²) in [5.74, 6) is -1.57. The second kappa shape index (κ2) is 6.85. The predicted octanol–water partition coefficient (Wildman–Crippen LogP) is -2.71. The van der Waals surface area contributed by atoms with E-state index in [9.17, 15) is 13.2 Å².